The summed E-state index contributed by atoms with van der Waals surface area (Å²) in [6.07, 6.45) is 4.60. The number of hydrogen-bond acceptors (Lipinski definition) is 6. The fraction of sp³-hybridized carbons (Fsp3) is 0.0952. The predicted octanol–water partition coefficient (Wildman–Crippen LogP) is 1.61. The number of aromatic amines is 1. The van der Waals surface area contributed by atoms with Crippen LogP contribution in [0.4, 0.5) is 0 Å². The first-order valence-electron chi connectivity index (χ1n) is 9.10. The molecule has 9 nitrogen and oxygen atoms in total. The monoisotopic (exact) mass is 403 g/mol. The smallest absolute Gasteiger partial charge is 0.287 e. The molecule has 0 spiro atoms. The highest BCUT2D eigenvalue weighted by molar-refractivity contribution is 6.38. The minimum Gasteiger partial charge on any atom is -0.363 e. The van der Waals surface area contributed by atoms with Gasteiger partial charge in [-0.2, -0.15) is 0 Å². The van der Waals surface area contributed by atoms with E-state index < -0.39 is 23.6 Å². The van der Waals surface area contributed by atoms with Crippen molar-refractivity contribution in [3.05, 3.63) is 72.2 Å². The fourth-order valence-electron chi connectivity index (χ4n) is 3.22. The average Bonchev–Trinajstić information content (AvgIpc) is 3.41. The van der Waals surface area contributed by atoms with E-state index in [0.717, 1.165) is 16.5 Å². The Kier molecular flexibility index (Phi) is 5.08. The summed E-state index contributed by atoms with van der Waals surface area (Å²) in [6, 6.07) is 11.5. The van der Waals surface area contributed by atoms with Gasteiger partial charge in [0.25, 0.3) is 11.8 Å². The SMILES string of the molecule is NC(=O)C(=O)C(Cc1c[nH]c2ccccc12)NC(=O)c1cnoc1-c1ccccn1. The molecule has 4 aromatic rings. The number of fused-ring (bicyclic) bond motifs is 1. The van der Waals surface area contributed by atoms with E-state index in [2.05, 4.69) is 20.4 Å². The zero-order valence-corrected chi connectivity index (χ0v) is 15.7. The van der Waals surface area contributed by atoms with Gasteiger partial charge in [0.1, 0.15) is 17.3 Å². The molecular formula is C21H17N5O4. The van der Waals surface area contributed by atoms with Gasteiger partial charge in [-0.15, -0.1) is 0 Å². The van der Waals surface area contributed by atoms with E-state index in [1.807, 2.05) is 24.3 Å². The van der Waals surface area contributed by atoms with Crippen LogP contribution in [-0.4, -0.2) is 38.8 Å². The molecule has 9 heteroatoms. The Labute approximate surface area is 170 Å². The Bertz CT molecular complexity index is 1230. The summed E-state index contributed by atoms with van der Waals surface area (Å²) in [5.41, 5.74) is 7.35. The van der Waals surface area contributed by atoms with Crippen molar-refractivity contribution in [2.75, 3.05) is 0 Å². The lowest BCUT2D eigenvalue weighted by Gasteiger charge is -2.15. The molecule has 30 heavy (non-hydrogen) atoms. The number of nitrogens with two attached hydrogens (primary N) is 1. The van der Waals surface area contributed by atoms with Crippen LogP contribution < -0.4 is 11.1 Å². The van der Waals surface area contributed by atoms with E-state index in [9.17, 15) is 14.4 Å². The minimum absolute atomic E-state index is 0.0850. The second-order valence-electron chi connectivity index (χ2n) is 6.60. The summed E-state index contributed by atoms with van der Waals surface area (Å²) in [4.78, 5) is 44.1. The number of benzene rings is 1. The molecule has 3 aromatic heterocycles. The van der Waals surface area contributed by atoms with Crippen LogP contribution in [0.25, 0.3) is 22.4 Å². The van der Waals surface area contributed by atoms with E-state index in [1.165, 1.54) is 6.20 Å². The van der Waals surface area contributed by atoms with Crippen LogP contribution in [0.2, 0.25) is 0 Å². The Morgan fingerprint density at radius 3 is 2.70 bits per heavy atom. The molecule has 0 radical (unpaired) electrons. The lowest BCUT2D eigenvalue weighted by atomic mass is 10.0. The first-order chi connectivity index (χ1) is 14.5. The molecule has 0 aliphatic heterocycles. The van der Waals surface area contributed by atoms with Gasteiger partial charge in [-0.3, -0.25) is 19.4 Å². The van der Waals surface area contributed by atoms with Crippen LogP contribution in [0, 0.1) is 0 Å². The zero-order valence-electron chi connectivity index (χ0n) is 15.7. The summed E-state index contributed by atoms with van der Waals surface area (Å²) >= 11 is 0. The molecule has 0 aliphatic rings. The van der Waals surface area contributed by atoms with Crippen molar-refractivity contribution < 1.29 is 18.9 Å². The van der Waals surface area contributed by atoms with E-state index in [-0.39, 0.29) is 17.7 Å². The molecule has 2 amide bonds. The standard InChI is InChI=1S/C21H17N5O4/c22-20(28)18(27)17(9-12-10-24-15-6-2-1-5-13(12)15)26-21(29)14-11-25-30-19(14)16-7-3-4-8-23-16/h1-8,10-11,17,24H,9H2,(H2,22,28)(H,26,29). The van der Waals surface area contributed by atoms with Crippen LogP contribution in [-0.2, 0) is 16.0 Å². The third-order valence-corrected chi connectivity index (χ3v) is 4.68. The number of rotatable bonds is 7. The van der Waals surface area contributed by atoms with Crippen molar-refractivity contribution in [3.8, 4) is 11.5 Å². The van der Waals surface area contributed by atoms with Crippen molar-refractivity contribution >= 4 is 28.5 Å². The first-order valence-corrected chi connectivity index (χ1v) is 9.10. The number of Topliss-reactive ketones (excluding diaryl/α,β-unsaturated/α-hetero) is 1. The molecule has 0 fully saturated rings. The van der Waals surface area contributed by atoms with Crippen LogP contribution >= 0.6 is 0 Å². The largest absolute Gasteiger partial charge is 0.363 e. The van der Waals surface area contributed by atoms with E-state index >= 15 is 0 Å². The van der Waals surface area contributed by atoms with Crippen LogP contribution in [0.5, 0.6) is 0 Å². The van der Waals surface area contributed by atoms with Crippen molar-refractivity contribution in [3.63, 3.8) is 0 Å². The maximum atomic E-state index is 12.9. The summed E-state index contributed by atoms with van der Waals surface area (Å²) in [5.74, 6) is -2.50. The number of primary amides is 1. The average molecular weight is 403 g/mol. The minimum atomic E-state index is -1.15. The second-order valence-corrected chi connectivity index (χ2v) is 6.60. The van der Waals surface area contributed by atoms with Gasteiger partial charge in [0, 0.05) is 29.7 Å². The molecule has 4 N–H and O–H groups in total. The Balaban J connectivity index is 1.62. The van der Waals surface area contributed by atoms with Crippen molar-refractivity contribution in [1.29, 1.82) is 0 Å². The Morgan fingerprint density at radius 1 is 1.13 bits per heavy atom. The number of ketones is 1. The van der Waals surface area contributed by atoms with Gasteiger partial charge in [-0.05, 0) is 23.8 Å². The van der Waals surface area contributed by atoms with E-state index in [0.29, 0.717) is 5.69 Å². The number of nitrogens with zero attached hydrogens (tertiary/aromatic N) is 2. The number of carbonyl (C=O) groups excluding carboxylic acids is 3. The fourth-order valence-corrected chi connectivity index (χ4v) is 3.22. The maximum Gasteiger partial charge on any atom is 0.287 e. The first kappa shape index (κ1) is 19.1. The van der Waals surface area contributed by atoms with Gasteiger partial charge >= 0.3 is 0 Å². The van der Waals surface area contributed by atoms with Crippen LogP contribution in [0.15, 0.2) is 65.6 Å². The second kappa shape index (κ2) is 8.00. The van der Waals surface area contributed by atoms with Crippen LogP contribution in [0.1, 0.15) is 15.9 Å². The summed E-state index contributed by atoms with van der Waals surface area (Å²) in [5, 5.41) is 7.13. The van der Waals surface area contributed by atoms with Gasteiger partial charge < -0.3 is 20.6 Å². The molecule has 3 heterocycles. The lowest BCUT2D eigenvalue weighted by Crippen LogP contribution is -2.47. The molecule has 1 unspecified atom stereocenters. The number of hydrogen-bond donors (Lipinski definition) is 3. The van der Waals surface area contributed by atoms with Gasteiger partial charge in [0.15, 0.2) is 5.76 Å². The zero-order chi connectivity index (χ0) is 21.1. The molecular weight excluding hydrogens is 386 g/mol. The third-order valence-electron chi connectivity index (χ3n) is 4.68. The highest BCUT2D eigenvalue weighted by Crippen LogP contribution is 2.22. The van der Waals surface area contributed by atoms with Gasteiger partial charge in [-0.1, -0.05) is 29.4 Å². The third kappa shape index (κ3) is 3.68. The number of amides is 2. The van der Waals surface area contributed by atoms with Gasteiger partial charge in [0.2, 0.25) is 5.78 Å². The van der Waals surface area contributed by atoms with Crippen molar-refractivity contribution in [1.82, 2.24) is 20.4 Å². The Hall–Kier alpha value is -4.27. The predicted molar refractivity (Wildman–Crippen MR) is 107 cm³/mol. The number of carbonyl (C=O) groups is 3. The normalized spacial score (nSPS) is 11.9. The molecule has 1 atom stereocenters. The number of para-hydroxylation sites is 1. The quantitative estimate of drug-likeness (QED) is 0.400. The number of nitrogens with one attached hydrogen (secondary N) is 2. The maximum absolute atomic E-state index is 12.9. The molecule has 0 saturated heterocycles. The van der Waals surface area contributed by atoms with E-state index in [1.54, 1.807) is 30.6 Å². The Morgan fingerprint density at radius 2 is 1.93 bits per heavy atom. The number of aromatic nitrogens is 3. The molecule has 0 saturated carbocycles. The summed E-state index contributed by atoms with van der Waals surface area (Å²) < 4.78 is 5.17. The number of pyridine rings is 1. The topological polar surface area (TPSA) is 144 Å². The van der Waals surface area contributed by atoms with Crippen LogP contribution in [0.3, 0.4) is 0 Å². The highest BCUT2D eigenvalue weighted by Gasteiger charge is 2.29. The molecule has 150 valence electrons. The molecule has 0 aliphatic carbocycles. The van der Waals surface area contributed by atoms with Crippen molar-refractivity contribution in [2.24, 2.45) is 5.73 Å². The molecule has 0 bridgehead atoms. The molecule has 1 aromatic carbocycles. The highest BCUT2D eigenvalue weighted by atomic mass is 16.5. The van der Waals surface area contributed by atoms with Gasteiger partial charge in [0.05, 0.1) is 6.20 Å². The molecule has 4 rings (SSSR count). The van der Waals surface area contributed by atoms with E-state index in [4.69, 9.17) is 10.3 Å². The lowest BCUT2D eigenvalue weighted by molar-refractivity contribution is -0.137. The van der Waals surface area contributed by atoms with Crippen molar-refractivity contribution in [2.45, 2.75) is 12.5 Å². The number of H-pyrrole nitrogens is 1. The summed E-state index contributed by atoms with van der Waals surface area (Å²) in [7, 11) is 0. The van der Waals surface area contributed by atoms with Gasteiger partial charge in [-0.25, -0.2) is 0 Å². The summed E-state index contributed by atoms with van der Waals surface area (Å²) in [6.45, 7) is 0.